The van der Waals surface area contributed by atoms with Gasteiger partial charge in [0.05, 0.1) is 17.6 Å². The molecule has 4 unspecified atom stereocenters. The van der Waals surface area contributed by atoms with Crippen LogP contribution in [0.15, 0.2) is 18.2 Å². The van der Waals surface area contributed by atoms with Crippen LogP contribution >= 0.6 is 0 Å². The van der Waals surface area contributed by atoms with E-state index in [4.69, 9.17) is 0 Å². The smallest absolute Gasteiger partial charge is 0.0979 e. The van der Waals surface area contributed by atoms with E-state index in [1.807, 2.05) is 6.07 Å². The van der Waals surface area contributed by atoms with Gasteiger partial charge in [-0.1, -0.05) is 18.6 Å². The molecule has 0 saturated heterocycles. The Morgan fingerprint density at radius 3 is 2.95 bits per heavy atom. The second-order valence-corrected chi connectivity index (χ2v) is 7.19. The molecule has 1 aromatic rings. The zero-order valence-corrected chi connectivity index (χ0v) is 12.5. The van der Waals surface area contributed by atoms with Crippen LogP contribution in [0.3, 0.4) is 0 Å². The van der Waals surface area contributed by atoms with Crippen molar-refractivity contribution in [2.75, 3.05) is 18.5 Å². The maximum atomic E-state index is 11.0. The van der Waals surface area contributed by atoms with Gasteiger partial charge in [0.15, 0.2) is 0 Å². The fourth-order valence-electron chi connectivity index (χ4n) is 4.96. The van der Waals surface area contributed by atoms with Crippen molar-refractivity contribution in [3.63, 3.8) is 0 Å². The average Bonchev–Trinajstić information content (AvgIpc) is 3.21. The molecule has 0 aromatic heterocycles. The highest BCUT2D eigenvalue weighted by molar-refractivity contribution is 5.58. The number of fused-ring (bicyclic) bond motifs is 3. The van der Waals surface area contributed by atoms with Gasteiger partial charge in [0.25, 0.3) is 0 Å². The van der Waals surface area contributed by atoms with Crippen molar-refractivity contribution >= 4 is 5.69 Å². The zero-order valence-electron chi connectivity index (χ0n) is 12.5. The van der Waals surface area contributed by atoms with Crippen LogP contribution < -0.4 is 4.90 Å². The van der Waals surface area contributed by atoms with E-state index in [-0.39, 0.29) is 0 Å². The van der Waals surface area contributed by atoms with Gasteiger partial charge in [0.2, 0.25) is 0 Å². The van der Waals surface area contributed by atoms with Crippen LogP contribution in [0, 0.1) is 28.6 Å². The van der Waals surface area contributed by atoms with E-state index in [0.29, 0.717) is 11.8 Å². The highest BCUT2D eigenvalue weighted by Crippen LogP contribution is 2.60. The van der Waals surface area contributed by atoms with Crippen LogP contribution in [-0.2, 0) is 6.42 Å². The molecular formula is C18H22N2O. The summed E-state index contributed by atoms with van der Waals surface area (Å²) in [7, 11) is 2.11. The molecule has 3 heteroatoms. The quantitative estimate of drug-likeness (QED) is 0.907. The van der Waals surface area contributed by atoms with Gasteiger partial charge in [0, 0.05) is 19.3 Å². The maximum absolute atomic E-state index is 11.0. The van der Waals surface area contributed by atoms with E-state index in [1.54, 1.807) is 0 Å². The summed E-state index contributed by atoms with van der Waals surface area (Å²) in [5.74, 6) is 1.04. The molecule has 0 spiro atoms. The summed E-state index contributed by atoms with van der Waals surface area (Å²) >= 11 is 0. The standard InChI is InChI=1S/C18H22N2O/c1-20-7-6-13-9-14(3-5-16(13)20)17(21)18(11-19)10-12-2-4-15(18)8-12/h3,5,9,12,15,17,21H,2,4,6-8,10H2,1H3. The third kappa shape index (κ3) is 1.75. The largest absolute Gasteiger partial charge is 0.387 e. The summed E-state index contributed by atoms with van der Waals surface area (Å²) in [5, 5.41) is 20.7. The van der Waals surface area contributed by atoms with Gasteiger partial charge in [0.1, 0.15) is 0 Å². The number of anilines is 1. The Kier molecular flexibility index (Phi) is 2.81. The van der Waals surface area contributed by atoms with Crippen molar-refractivity contribution in [3.8, 4) is 6.07 Å². The number of aliphatic hydroxyl groups is 1. The third-order valence-corrected chi connectivity index (χ3v) is 6.14. The summed E-state index contributed by atoms with van der Waals surface area (Å²) in [4.78, 5) is 2.25. The first-order chi connectivity index (χ1) is 10.1. The maximum Gasteiger partial charge on any atom is 0.0979 e. The van der Waals surface area contributed by atoms with Crippen molar-refractivity contribution in [1.82, 2.24) is 0 Å². The molecule has 1 aliphatic heterocycles. The highest BCUT2D eigenvalue weighted by atomic mass is 16.3. The number of nitrogens with zero attached hydrogens (tertiary/aromatic N) is 2. The number of rotatable bonds is 2. The Bertz CT molecular complexity index is 620. The third-order valence-electron chi connectivity index (χ3n) is 6.14. The number of hydrogen-bond donors (Lipinski definition) is 1. The number of aliphatic hydroxyl groups excluding tert-OH is 1. The molecule has 4 atom stereocenters. The topological polar surface area (TPSA) is 47.3 Å². The first kappa shape index (κ1) is 13.2. The highest BCUT2D eigenvalue weighted by Gasteiger charge is 2.55. The predicted octanol–water partition coefficient (Wildman–Crippen LogP) is 3.04. The van der Waals surface area contributed by atoms with Crippen LogP contribution in [0.5, 0.6) is 0 Å². The minimum atomic E-state index is -0.631. The molecule has 3 aliphatic rings. The van der Waals surface area contributed by atoms with Crippen molar-refractivity contribution in [1.29, 1.82) is 5.26 Å². The van der Waals surface area contributed by atoms with Crippen molar-refractivity contribution in [2.45, 2.75) is 38.2 Å². The van der Waals surface area contributed by atoms with E-state index >= 15 is 0 Å². The number of benzene rings is 1. The van der Waals surface area contributed by atoms with Crippen LogP contribution in [0.25, 0.3) is 0 Å². The number of likely N-dealkylation sites (N-methyl/N-ethyl adjacent to an activating group) is 1. The van der Waals surface area contributed by atoms with Gasteiger partial charge >= 0.3 is 0 Å². The summed E-state index contributed by atoms with van der Waals surface area (Å²) in [5.41, 5.74) is 2.98. The molecule has 2 bridgehead atoms. The van der Waals surface area contributed by atoms with E-state index in [9.17, 15) is 10.4 Å². The Balaban J connectivity index is 1.69. The summed E-state index contributed by atoms with van der Waals surface area (Å²) in [6.45, 7) is 1.04. The van der Waals surface area contributed by atoms with Crippen LogP contribution in [0.4, 0.5) is 5.69 Å². The lowest BCUT2D eigenvalue weighted by molar-refractivity contribution is 0.0233. The molecule has 0 radical (unpaired) electrons. The Labute approximate surface area is 126 Å². The molecule has 3 nitrogen and oxygen atoms in total. The van der Waals surface area contributed by atoms with Crippen molar-refractivity contribution in [2.24, 2.45) is 17.3 Å². The van der Waals surface area contributed by atoms with E-state index in [1.165, 1.54) is 17.7 Å². The average molecular weight is 282 g/mol. The zero-order chi connectivity index (χ0) is 14.6. The number of hydrogen-bond acceptors (Lipinski definition) is 3. The van der Waals surface area contributed by atoms with Crippen LogP contribution in [0.1, 0.15) is 42.9 Å². The summed E-state index contributed by atoms with van der Waals surface area (Å²) in [6.07, 6.45) is 4.79. The van der Waals surface area contributed by atoms with Gasteiger partial charge in [-0.25, -0.2) is 0 Å². The lowest BCUT2D eigenvalue weighted by atomic mass is 9.68. The molecule has 2 saturated carbocycles. The lowest BCUT2D eigenvalue weighted by Crippen LogP contribution is -2.33. The van der Waals surface area contributed by atoms with E-state index < -0.39 is 11.5 Å². The van der Waals surface area contributed by atoms with Crippen molar-refractivity contribution in [3.05, 3.63) is 29.3 Å². The molecule has 1 N–H and O–H groups in total. The Morgan fingerprint density at radius 1 is 1.43 bits per heavy atom. The van der Waals surface area contributed by atoms with Gasteiger partial charge in [-0.3, -0.25) is 0 Å². The Morgan fingerprint density at radius 2 is 2.29 bits per heavy atom. The molecule has 110 valence electrons. The first-order valence-corrected chi connectivity index (χ1v) is 8.07. The number of nitriles is 1. The van der Waals surface area contributed by atoms with Gasteiger partial charge in [-0.2, -0.15) is 5.26 Å². The lowest BCUT2D eigenvalue weighted by Gasteiger charge is -2.35. The monoisotopic (exact) mass is 282 g/mol. The second-order valence-electron chi connectivity index (χ2n) is 7.19. The van der Waals surface area contributed by atoms with Crippen LogP contribution in [0.2, 0.25) is 0 Å². The van der Waals surface area contributed by atoms with Gasteiger partial charge in [-0.15, -0.1) is 0 Å². The molecule has 2 fully saturated rings. The van der Waals surface area contributed by atoms with Crippen molar-refractivity contribution < 1.29 is 5.11 Å². The van der Waals surface area contributed by atoms with Crippen LogP contribution in [-0.4, -0.2) is 18.7 Å². The van der Waals surface area contributed by atoms with Gasteiger partial charge in [-0.05, 0) is 54.7 Å². The molecule has 1 heterocycles. The van der Waals surface area contributed by atoms with E-state index in [2.05, 4.69) is 30.1 Å². The Hall–Kier alpha value is -1.53. The van der Waals surface area contributed by atoms with E-state index in [0.717, 1.165) is 37.8 Å². The fourth-order valence-corrected chi connectivity index (χ4v) is 4.96. The molecule has 21 heavy (non-hydrogen) atoms. The summed E-state index contributed by atoms with van der Waals surface area (Å²) in [6, 6.07) is 8.79. The molecule has 2 aliphatic carbocycles. The second kappa shape index (κ2) is 4.48. The first-order valence-electron chi connectivity index (χ1n) is 8.07. The normalized spacial score (nSPS) is 34.8. The minimum absolute atomic E-state index is 0.387. The predicted molar refractivity (Wildman–Crippen MR) is 81.9 cm³/mol. The molecule has 1 aromatic carbocycles. The SMILES string of the molecule is CN1CCc2cc(C(O)C3(C#N)CC4CCC3C4)ccc21. The summed E-state index contributed by atoms with van der Waals surface area (Å²) < 4.78 is 0. The molecule has 4 rings (SSSR count). The fraction of sp³-hybridized carbons (Fsp3) is 0.611. The molecular weight excluding hydrogens is 260 g/mol. The molecule has 0 amide bonds. The van der Waals surface area contributed by atoms with Gasteiger partial charge < -0.3 is 10.0 Å². The minimum Gasteiger partial charge on any atom is -0.387 e.